The van der Waals surface area contributed by atoms with Gasteiger partial charge in [-0.1, -0.05) is 0 Å². The Hall–Kier alpha value is -2.00. The van der Waals surface area contributed by atoms with Crippen LogP contribution < -0.4 is 11.1 Å². The number of aromatic nitrogens is 2. The zero-order chi connectivity index (χ0) is 14.0. The van der Waals surface area contributed by atoms with Crippen LogP contribution in [-0.4, -0.2) is 43.9 Å². The number of nitro groups is 1. The van der Waals surface area contributed by atoms with Gasteiger partial charge < -0.3 is 21.3 Å². The molecule has 0 bridgehead atoms. The molecule has 104 valence electrons. The lowest BCUT2D eigenvalue weighted by Gasteiger charge is -2.13. The van der Waals surface area contributed by atoms with Crippen molar-refractivity contribution in [3.05, 3.63) is 16.4 Å². The van der Waals surface area contributed by atoms with Crippen LogP contribution >= 0.6 is 0 Å². The Morgan fingerprint density at radius 2 is 2.26 bits per heavy atom. The Morgan fingerprint density at radius 3 is 2.84 bits per heavy atom. The molecule has 1 heterocycles. The van der Waals surface area contributed by atoms with E-state index in [0.29, 0.717) is 12.8 Å². The van der Waals surface area contributed by atoms with Gasteiger partial charge >= 0.3 is 5.69 Å². The Labute approximate surface area is 108 Å². The normalized spacial score (nSPS) is 26.3. The Morgan fingerprint density at radius 1 is 1.53 bits per heavy atom. The molecular formula is C10H15N5O4. The second kappa shape index (κ2) is 5.33. The third-order valence-corrected chi connectivity index (χ3v) is 3.27. The summed E-state index contributed by atoms with van der Waals surface area (Å²) >= 11 is 0. The molecule has 0 saturated heterocycles. The van der Waals surface area contributed by atoms with Crippen molar-refractivity contribution in [1.29, 1.82) is 0 Å². The predicted octanol–water partition coefficient (Wildman–Crippen LogP) is -0.489. The number of aliphatic hydroxyl groups is 2. The van der Waals surface area contributed by atoms with Gasteiger partial charge in [0.2, 0.25) is 11.6 Å². The van der Waals surface area contributed by atoms with Gasteiger partial charge in [0.1, 0.15) is 6.33 Å². The number of nitrogens with zero attached hydrogens (tertiary/aromatic N) is 3. The minimum absolute atomic E-state index is 0.0355. The summed E-state index contributed by atoms with van der Waals surface area (Å²) in [4.78, 5) is 17.7. The van der Waals surface area contributed by atoms with E-state index in [-0.39, 0.29) is 35.9 Å². The van der Waals surface area contributed by atoms with Crippen LogP contribution in [0, 0.1) is 16.0 Å². The fourth-order valence-electron chi connectivity index (χ4n) is 2.29. The lowest BCUT2D eigenvalue weighted by molar-refractivity contribution is -0.383. The summed E-state index contributed by atoms with van der Waals surface area (Å²) in [6.07, 6.45) is 1.42. The van der Waals surface area contributed by atoms with Crippen LogP contribution in [0.25, 0.3) is 0 Å². The fourth-order valence-corrected chi connectivity index (χ4v) is 2.29. The van der Waals surface area contributed by atoms with E-state index in [1.807, 2.05) is 0 Å². The van der Waals surface area contributed by atoms with Gasteiger partial charge in [-0.25, -0.2) is 9.97 Å². The minimum Gasteiger partial charge on any atom is -0.396 e. The van der Waals surface area contributed by atoms with Crippen molar-refractivity contribution in [1.82, 2.24) is 9.97 Å². The van der Waals surface area contributed by atoms with Gasteiger partial charge in [-0.3, -0.25) is 10.1 Å². The predicted molar refractivity (Wildman–Crippen MR) is 66.3 cm³/mol. The summed E-state index contributed by atoms with van der Waals surface area (Å²) in [7, 11) is 0. The van der Waals surface area contributed by atoms with Crippen LogP contribution in [0.15, 0.2) is 6.33 Å². The Kier molecular flexibility index (Phi) is 3.76. The van der Waals surface area contributed by atoms with Crippen LogP contribution in [0.3, 0.4) is 0 Å². The number of hydrogen-bond acceptors (Lipinski definition) is 8. The zero-order valence-corrected chi connectivity index (χ0v) is 10.1. The van der Waals surface area contributed by atoms with E-state index in [0.717, 1.165) is 6.33 Å². The van der Waals surface area contributed by atoms with Crippen molar-refractivity contribution in [2.75, 3.05) is 17.7 Å². The van der Waals surface area contributed by atoms with Crippen molar-refractivity contribution >= 4 is 17.3 Å². The average molecular weight is 269 g/mol. The fraction of sp³-hybridized carbons (Fsp3) is 0.600. The van der Waals surface area contributed by atoms with Crippen LogP contribution in [0.4, 0.5) is 17.3 Å². The van der Waals surface area contributed by atoms with E-state index < -0.39 is 11.0 Å². The summed E-state index contributed by atoms with van der Waals surface area (Å²) in [6, 6.07) is -0.194. The maximum atomic E-state index is 10.9. The Balaban J connectivity index is 2.16. The first-order valence-electron chi connectivity index (χ1n) is 5.83. The monoisotopic (exact) mass is 269 g/mol. The summed E-state index contributed by atoms with van der Waals surface area (Å²) in [5.41, 5.74) is 5.08. The van der Waals surface area contributed by atoms with Crippen molar-refractivity contribution in [2.24, 2.45) is 5.92 Å². The molecule has 2 rings (SSSR count). The van der Waals surface area contributed by atoms with Crippen molar-refractivity contribution in [2.45, 2.75) is 25.0 Å². The second-order valence-corrected chi connectivity index (χ2v) is 4.54. The van der Waals surface area contributed by atoms with Crippen LogP contribution in [0.1, 0.15) is 12.8 Å². The third-order valence-electron chi connectivity index (χ3n) is 3.27. The van der Waals surface area contributed by atoms with E-state index in [2.05, 4.69) is 15.3 Å². The minimum atomic E-state index is -0.646. The summed E-state index contributed by atoms with van der Waals surface area (Å²) in [6.45, 7) is -0.118. The molecule has 0 aliphatic heterocycles. The molecule has 0 unspecified atom stereocenters. The quantitative estimate of drug-likeness (QED) is 0.423. The number of hydrogen-bond donors (Lipinski definition) is 4. The first-order chi connectivity index (χ1) is 9.02. The van der Waals surface area contributed by atoms with Crippen molar-refractivity contribution < 1.29 is 15.1 Å². The molecule has 1 aromatic rings. The molecule has 0 radical (unpaired) electrons. The largest absolute Gasteiger partial charge is 0.396 e. The highest BCUT2D eigenvalue weighted by Gasteiger charge is 2.34. The number of rotatable bonds is 4. The lowest BCUT2D eigenvalue weighted by atomic mass is 10.1. The molecule has 1 fully saturated rings. The Bertz CT molecular complexity index is 483. The van der Waals surface area contributed by atoms with E-state index >= 15 is 0 Å². The highest BCUT2D eigenvalue weighted by atomic mass is 16.6. The van der Waals surface area contributed by atoms with Crippen LogP contribution in [0.5, 0.6) is 0 Å². The van der Waals surface area contributed by atoms with Gasteiger partial charge in [-0.05, 0) is 12.8 Å². The standard InChI is InChI=1S/C10H15N5O4/c11-9-8(15(18)19)10(13-4-12-9)14-6-1-5(3-16)7(17)2-6/h4-7,16-17H,1-3H2,(H3,11,12,13,14)/t5-,6-,7+/m1/s1. The highest BCUT2D eigenvalue weighted by Crippen LogP contribution is 2.32. The first-order valence-corrected chi connectivity index (χ1v) is 5.83. The molecule has 3 atom stereocenters. The molecule has 9 nitrogen and oxygen atoms in total. The molecule has 0 amide bonds. The topological polar surface area (TPSA) is 147 Å². The summed E-state index contributed by atoms with van der Waals surface area (Å²) < 4.78 is 0. The number of nitrogens with one attached hydrogen (secondary N) is 1. The van der Waals surface area contributed by atoms with Crippen molar-refractivity contribution in [3.63, 3.8) is 0 Å². The van der Waals surface area contributed by atoms with Crippen LogP contribution in [-0.2, 0) is 0 Å². The molecule has 1 saturated carbocycles. The second-order valence-electron chi connectivity index (χ2n) is 4.54. The number of aliphatic hydroxyl groups excluding tert-OH is 2. The number of anilines is 2. The maximum Gasteiger partial charge on any atom is 0.352 e. The molecule has 5 N–H and O–H groups in total. The molecule has 0 aromatic carbocycles. The summed E-state index contributed by atoms with van der Waals surface area (Å²) in [5, 5.41) is 32.5. The first kappa shape index (κ1) is 13.4. The van der Waals surface area contributed by atoms with Gasteiger partial charge in [0.05, 0.1) is 11.0 Å². The molecule has 9 heteroatoms. The van der Waals surface area contributed by atoms with Gasteiger partial charge in [0.15, 0.2) is 0 Å². The van der Waals surface area contributed by atoms with Gasteiger partial charge in [0.25, 0.3) is 0 Å². The van der Waals surface area contributed by atoms with E-state index in [9.17, 15) is 15.2 Å². The maximum absolute atomic E-state index is 10.9. The smallest absolute Gasteiger partial charge is 0.352 e. The molecule has 19 heavy (non-hydrogen) atoms. The van der Waals surface area contributed by atoms with Gasteiger partial charge in [-0.15, -0.1) is 0 Å². The zero-order valence-electron chi connectivity index (χ0n) is 10.1. The SMILES string of the molecule is Nc1ncnc(N[C@@H]2C[C@H](CO)[C@@H](O)C2)c1[N+](=O)[O-]. The highest BCUT2D eigenvalue weighted by molar-refractivity contribution is 5.67. The molecule has 1 aliphatic rings. The summed E-state index contributed by atoms with van der Waals surface area (Å²) in [5.74, 6) is -0.399. The average Bonchev–Trinajstić information content (AvgIpc) is 2.69. The van der Waals surface area contributed by atoms with Gasteiger partial charge in [-0.2, -0.15) is 0 Å². The molecule has 0 spiro atoms. The van der Waals surface area contributed by atoms with E-state index in [1.165, 1.54) is 0 Å². The number of nitrogens with two attached hydrogens (primary N) is 1. The molecule has 1 aliphatic carbocycles. The lowest BCUT2D eigenvalue weighted by Crippen LogP contribution is -2.19. The van der Waals surface area contributed by atoms with E-state index in [4.69, 9.17) is 10.8 Å². The van der Waals surface area contributed by atoms with Crippen molar-refractivity contribution in [3.8, 4) is 0 Å². The molecule has 1 aromatic heterocycles. The third kappa shape index (κ3) is 2.71. The van der Waals surface area contributed by atoms with E-state index in [1.54, 1.807) is 0 Å². The van der Waals surface area contributed by atoms with Crippen LogP contribution in [0.2, 0.25) is 0 Å². The molecular weight excluding hydrogens is 254 g/mol. The number of nitrogen functional groups attached to an aromatic ring is 1. The van der Waals surface area contributed by atoms with Gasteiger partial charge in [0, 0.05) is 18.6 Å².